The summed E-state index contributed by atoms with van der Waals surface area (Å²) in [7, 11) is 3.20. The first-order valence-corrected chi connectivity index (χ1v) is 7.70. The zero-order chi connectivity index (χ0) is 17.4. The topological polar surface area (TPSA) is 78.7 Å². The molecule has 1 rings (SSSR count). The van der Waals surface area contributed by atoms with Gasteiger partial charge in [-0.2, -0.15) is 0 Å². The lowest BCUT2D eigenvalue weighted by Crippen LogP contribution is -2.39. The van der Waals surface area contributed by atoms with Crippen LogP contribution >= 0.6 is 11.6 Å². The van der Waals surface area contributed by atoms with Crippen LogP contribution in [-0.2, 0) is 16.1 Å². The molecule has 0 saturated carbocycles. The van der Waals surface area contributed by atoms with Gasteiger partial charge in [0.15, 0.2) is 0 Å². The van der Waals surface area contributed by atoms with Gasteiger partial charge in [0.2, 0.25) is 6.41 Å². The molecule has 0 unspecified atom stereocenters. The van der Waals surface area contributed by atoms with E-state index in [2.05, 4.69) is 5.32 Å². The first kappa shape index (κ1) is 18.8. The van der Waals surface area contributed by atoms with Gasteiger partial charge in [-0.3, -0.25) is 9.59 Å². The summed E-state index contributed by atoms with van der Waals surface area (Å²) in [6, 6.07) is 7.25. The molecule has 0 saturated heterocycles. The van der Waals surface area contributed by atoms with E-state index < -0.39 is 0 Å². The standard InChI is InChI=1S/C16H23ClN4O2/c1-4-9-20(2)16(23)14(15(18)21(3)11-22)19-10-12-5-7-13(17)8-6-12/h5-8,11,19H,4,9-10,18H2,1-3H3/b15-14+. The van der Waals surface area contributed by atoms with E-state index in [9.17, 15) is 9.59 Å². The summed E-state index contributed by atoms with van der Waals surface area (Å²) >= 11 is 5.86. The fraction of sp³-hybridized carbons (Fsp3) is 0.375. The van der Waals surface area contributed by atoms with Crippen molar-refractivity contribution in [3.8, 4) is 0 Å². The van der Waals surface area contributed by atoms with Crippen molar-refractivity contribution in [2.75, 3.05) is 20.6 Å². The summed E-state index contributed by atoms with van der Waals surface area (Å²) in [5, 5.41) is 3.67. The SMILES string of the molecule is CCCN(C)C(=O)/C(NCc1ccc(Cl)cc1)=C(/N)N(C)C=O. The lowest BCUT2D eigenvalue weighted by atomic mass is 10.2. The van der Waals surface area contributed by atoms with Crippen LogP contribution in [0.3, 0.4) is 0 Å². The van der Waals surface area contributed by atoms with Crippen LogP contribution in [0.4, 0.5) is 0 Å². The van der Waals surface area contributed by atoms with Gasteiger partial charge in [0, 0.05) is 32.2 Å². The van der Waals surface area contributed by atoms with Crippen molar-refractivity contribution >= 4 is 23.9 Å². The minimum atomic E-state index is -0.257. The molecule has 0 aliphatic carbocycles. The number of nitrogens with two attached hydrogens (primary N) is 1. The maximum atomic E-state index is 12.5. The first-order valence-electron chi connectivity index (χ1n) is 7.32. The molecule has 2 amide bonds. The van der Waals surface area contributed by atoms with Crippen LogP contribution in [-0.4, -0.2) is 42.8 Å². The molecule has 6 nitrogen and oxygen atoms in total. The van der Waals surface area contributed by atoms with Crippen molar-refractivity contribution in [3.05, 3.63) is 46.4 Å². The first-order chi connectivity index (χ1) is 10.9. The maximum Gasteiger partial charge on any atom is 0.273 e. The fourth-order valence-electron chi connectivity index (χ4n) is 1.93. The Labute approximate surface area is 141 Å². The summed E-state index contributed by atoms with van der Waals surface area (Å²) in [6.07, 6.45) is 1.39. The summed E-state index contributed by atoms with van der Waals surface area (Å²) in [5.41, 5.74) is 7.08. The normalized spacial score (nSPS) is 11.5. The van der Waals surface area contributed by atoms with E-state index in [-0.39, 0.29) is 17.4 Å². The minimum absolute atomic E-state index is 0.0851. The number of benzene rings is 1. The average Bonchev–Trinajstić information content (AvgIpc) is 2.55. The van der Waals surface area contributed by atoms with Crippen LogP contribution < -0.4 is 11.1 Å². The van der Waals surface area contributed by atoms with Crippen LogP contribution in [0.1, 0.15) is 18.9 Å². The monoisotopic (exact) mass is 338 g/mol. The van der Waals surface area contributed by atoms with Crippen molar-refractivity contribution in [1.82, 2.24) is 15.1 Å². The zero-order valence-electron chi connectivity index (χ0n) is 13.7. The molecule has 0 heterocycles. The number of rotatable bonds is 8. The maximum absolute atomic E-state index is 12.5. The van der Waals surface area contributed by atoms with E-state index in [4.69, 9.17) is 17.3 Å². The number of halogens is 1. The molecule has 126 valence electrons. The molecule has 0 aromatic heterocycles. The Kier molecular flexibility index (Phi) is 7.41. The number of nitrogens with one attached hydrogen (secondary N) is 1. The van der Waals surface area contributed by atoms with E-state index in [1.54, 1.807) is 24.1 Å². The number of likely N-dealkylation sites (N-methyl/N-ethyl adjacent to an activating group) is 1. The van der Waals surface area contributed by atoms with E-state index in [0.717, 1.165) is 12.0 Å². The predicted octanol–water partition coefficient (Wildman–Crippen LogP) is 1.51. The lowest BCUT2D eigenvalue weighted by molar-refractivity contribution is -0.126. The smallest absolute Gasteiger partial charge is 0.273 e. The summed E-state index contributed by atoms with van der Waals surface area (Å²) in [4.78, 5) is 26.2. The largest absolute Gasteiger partial charge is 0.383 e. The number of hydrogen-bond acceptors (Lipinski definition) is 4. The van der Waals surface area contributed by atoms with E-state index in [0.29, 0.717) is 24.5 Å². The Morgan fingerprint density at radius 1 is 1.30 bits per heavy atom. The third-order valence-corrected chi connectivity index (χ3v) is 3.55. The molecule has 0 bridgehead atoms. The van der Waals surface area contributed by atoms with Crippen LogP contribution in [0, 0.1) is 0 Å². The molecule has 0 spiro atoms. The molecule has 1 aromatic carbocycles. The Morgan fingerprint density at radius 2 is 1.91 bits per heavy atom. The van der Waals surface area contributed by atoms with Crippen LogP contribution in [0.15, 0.2) is 35.8 Å². The molecule has 0 aliphatic heterocycles. The lowest BCUT2D eigenvalue weighted by Gasteiger charge is -2.23. The average molecular weight is 339 g/mol. The van der Waals surface area contributed by atoms with Gasteiger partial charge in [0.25, 0.3) is 5.91 Å². The molecular weight excluding hydrogens is 316 g/mol. The van der Waals surface area contributed by atoms with Crippen molar-refractivity contribution in [3.63, 3.8) is 0 Å². The van der Waals surface area contributed by atoms with Gasteiger partial charge in [-0.1, -0.05) is 30.7 Å². The van der Waals surface area contributed by atoms with Gasteiger partial charge in [0.1, 0.15) is 11.5 Å². The van der Waals surface area contributed by atoms with Gasteiger partial charge < -0.3 is 20.9 Å². The van der Waals surface area contributed by atoms with E-state index in [1.165, 1.54) is 11.9 Å². The molecule has 3 N–H and O–H groups in total. The molecule has 0 atom stereocenters. The molecule has 1 aromatic rings. The van der Waals surface area contributed by atoms with Gasteiger partial charge in [-0.15, -0.1) is 0 Å². The summed E-state index contributed by atoms with van der Waals surface area (Å²) in [5.74, 6) is -0.172. The number of hydrogen-bond donors (Lipinski definition) is 2. The van der Waals surface area contributed by atoms with Gasteiger partial charge in [-0.25, -0.2) is 0 Å². The highest BCUT2D eigenvalue weighted by atomic mass is 35.5. The van der Waals surface area contributed by atoms with Gasteiger partial charge in [-0.05, 0) is 24.1 Å². The molecule has 23 heavy (non-hydrogen) atoms. The fourth-order valence-corrected chi connectivity index (χ4v) is 2.06. The van der Waals surface area contributed by atoms with Crippen LogP contribution in [0.2, 0.25) is 5.02 Å². The van der Waals surface area contributed by atoms with Crippen molar-refractivity contribution < 1.29 is 9.59 Å². The van der Waals surface area contributed by atoms with Gasteiger partial charge >= 0.3 is 0 Å². The number of amides is 2. The van der Waals surface area contributed by atoms with E-state index in [1.807, 2.05) is 19.1 Å². The number of nitrogens with zero attached hydrogens (tertiary/aromatic N) is 2. The Bertz CT molecular complexity index is 572. The Balaban J connectivity index is 2.97. The minimum Gasteiger partial charge on any atom is -0.383 e. The second-order valence-electron chi connectivity index (χ2n) is 5.18. The summed E-state index contributed by atoms with van der Waals surface area (Å²) < 4.78 is 0. The highest BCUT2D eigenvalue weighted by Crippen LogP contribution is 2.11. The Morgan fingerprint density at radius 3 is 2.43 bits per heavy atom. The molecule has 0 aliphatic rings. The third kappa shape index (κ3) is 5.49. The van der Waals surface area contributed by atoms with Crippen LogP contribution in [0.5, 0.6) is 0 Å². The van der Waals surface area contributed by atoms with Crippen molar-refractivity contribution in [2.24, 2.45) is 5.73 Å². The zero-order valence-corrected chi connectivity index (χ0v) is 14.4. The second-order valence-corrected chi connectivity index (χ2v) is 5.62. The second kappa shape index (κ2) is 9.05. The van der Waals surface area contributed by atoms with Crippen molar-refractivity contribution in [1.29, 1.82) is 0 Å². The quantitative estimate of drug-likeness (QED) is 0.556. The predicted molar refractivity (Wildman–Crippen MR) is 91.3 cm³/mol. The molecular formula is C16H23ClN4O2. The highest BCUT2D eigenvalue weighted by molar-refractivity contribution is 6.30. The number of carbonyl (C=O) groups excluding carboxylic acids is 2. The highest BCUT2D eigenvalue weighted by Gasteiger charge is 2.19. The summed E-state index contributed by atoms with van der Waals surface area (Å²) in [6.45, 7) is 2.98. The van der Waals surface area contributed by atoms with Crippen molar-refractivity contribution in [2.45, 2.75) is 19.9 Å². The van der Waals surface area contributed by atoms with E-state index >= 15 is 0 Å². The molecule has 7 heteroatoms. The van der Waals surface area contributed by atoms with Crippen LogP contribution in [0.25, 0.3) is 0 Å². The Hall–Kier alpha value is -2.21. The molecule has 0 fully saturated rings. The third-order valence-electron chi connectivity index (χ3n) is 3.30. The molecule has 0 radical (unpaired) electrons. The number of carbonyl (C=O) groups is 2. The van der Waals surface area contributed by atoms with Gasteiger partial charge in [0.05, 0.1) is 0 Å².